The first-order valence-electron chi connectivity index (χ1n) is 10.0. The zero-order chi connectivity index (χ0) is 17.7. The van der Waals surface area contributed by atoms with Gasteiger partial charge in [0.15, 0.2) is 0 Å². The normalized spacial score (nSPS) is 27.9. The van der Waals surface area contributed by atoms with Crippen molar-refractivity contribution in [3.8, 4) is 0 Å². The SMILES string of the molecule is CC(C)(C)C1CCC(NC(=O)C(O)C(N)CC2CCCCC2)CC1.Cl. The summed E-state index contributed by atoms with van der Waals surface area (Å²) < 4.78 is 0. The van der Waals surface area contributed by atoms with Gasteiger partial charge in [-0.2, -0.15) is 0 Å². The molecule has 2 unspecified atom stereocenters. The molecule has 2 rings (SSSR count). The Balaban J connectivity index is 0.00000312. The topological polar surface area (TPSA) is 75.3 Å². The number of rotatable bonds is 5. The Morgan fingerprint density at radius 3 is 2.16 bits per heavy atom. The lowest BCUT2D eigenvalue weighted by Crippen LogP contribution is -2.50. The lowest BCUT2D eigenvalue weighted by Gasteiger charge is -2.37. The van der Waals surface area contributed by atoms with E-state index in [2.05, 4.69) is 26.1 Å². The minimum atomic E-state index is -1.06. The third-order valence-corrected chi connectivity index (χ3v) is 6.30. The van der Waals surface area contributed by atoms with Gasteiger partial charge in [0.2, 0.25) is 0 Å². The Morgan fingerprint density at radius 2 is 1.64 bits per heavy atom. The first-order valence-corrected chi connectivity index (χ1v) is 10.0. The van der Waals surface area contributed by atoms with E-state index in [0.29, 0.717) is 11.3 Å². The van der Waals surface area contributed by atoms with Crippen LogP contribution in [0, 0.1) is 17.3 Å². The van der Waals surface area contributed by atoms with Gasteiger partial charge in [-0.05, 0) is 49.4 Å². The molecule has 0 aliphatic heterocycles. The van der Waals surface area contributed by atoms with Crippen molar-refractivity contribution in [3.63, 3.8) is 0 Å². The van der Waals surface area contributed by atoms with Gasteiger partial charge in [-0.1, -0.05) is 52.9 Å². The smallest absolute Gasteiger partial charge is 0.250 e. The van der Waals surface area contributed by atoms with E-state index < -0.39 is 12.1 Å². The largest absolute Gasteiger partial charge is 0.382 e. The van der Waals surface area contributed by atoms with E-state index >= 15 is 0 Å². The fourth-order valence-electron chi connectivity index (χ4n) is 4.52. The highest BCUT2D eigenvalue weighted by Gasteiger charge is 2.32. The minimum Gasteiger partial charge on any atom is -0.382 e. The lowest BCUT2D eigenvalue weighted by molar-refractivity contribution is -0.131. The Kier molecular flexibility index (Phi) is 9.20. The van der Waals surface area contributed by atoms with Gasteiger partial charge < -0.3 is 16.2 Å². The molecule has 148 valence electrons. The molecule has 2 fully saturated rings. The van der Waals surface area contributed by atoms with Gasteiger partial charge in [0.1, 0.15) is 6.10 Å². The van der Waals surface area contributed by atoms with E-state index in [9.17, 15) is 9.90 Å². The van der Waals surface area contributed by atoms with Crippen molar-refractivity contribution in [2.45, 2.75) is 103 Å². The summed E-state index contributed by atoms with van der Waals surface area (Å²) in [6.45, 7) is 6.89. The summed E-state index contributed by atoms with van der Waals surface area (Å²) in [6, 6.07) is -0.230. The zero-order valence-electron chi connectivity index (χ0n) is 16.3. The molecule has 4 N–H and O–H groups in total. The molecule has 2 saturated carbocycles. The second-order valence-electron chi connectivity index (χ2n) is 9.27. The molecule has 0 bridgehead atoms. The standard InChI is InChI=1S/C20H38N2O2.ClH/c1-20(2,3)15-9-11-16(12-10-15)22-19(24)18(23)17(21)13-14-7-5-4-6-8-14;/h14-18,23H,4-13,21H2,1-3H3,(H,22,24);1H. The molecule has 4 nitrogen and oxygen atoms in total. The second-order valence-corrected chi connectivity index (χ2v) is 9.27. The molecule has 0 spiro atoms. The van der Waals surface area contributed by atoms with Crippen LogP contribution in [0.4, 0.5) is 0 Å². The molecule has 0 aromatic heterocycles. The number of nitrogens with one attached hydrogen (secondary N) is 1. The van der Waals surface area contributed by atoms with E-state index in [1.54, 1.807) is 0 Å². The summed E-state index contributed by atoms with van der Waals surface area (Å²) in [5.74, 6) is 1.04. The van der Waals surface area contributed by atoms with Gasteiger partial charge in [-0.3, -0.25) is 4.79 Å². The minimum absolute atomic E-state index is 0. The molecule has 2 aliphatic rings. The van der Waals surface area contributed by atoms with Crippen LogP contribution in [0.1, 0.15) is 85.0 Å². The third-order valence-electron chi connectivity index (χ3n) is 6.30. The maximum absolute atomic E-state index is 12.3. The Hall–Kier alpha value is -0.320. The fraction of sp³-hybridized carbons (Fsp3) is 0.950. The summed E-state index contributed by atoms with van der Waals surface area (Å²) in [5, 5.41) is 13.3. The van der Waals surface area contributed by atoms with Crippen LogP contribution in [0.2, 0.25) is 0 Å². The number of halogens is 1. The number of carbonyl (C=O) groups is 1. The van der Waals surface area contributed by atoms with Crippen LogP contribution in [0.5, 0.6) is 0 Å². The van der Waals surface area contributed by atoms with Crippen LogP contribution < -0.4 is 11.1 Å². The van der Waals surface area contributed by atoms with Crippen LogP contribution in [0.25, 0.3) is 0 Å². The molecule has 0 aromatic rings. The molecule has 0 heterocycles. The molecule has 2 atom stereocenters. The molecule has 0 aromatic carbocycles. The van der Waals surface area contributed by atoms with Crippen LogP contribution in [0.3, 0.4) is 0 Å². The predicted molar refractivity (Wildman–Crippen MR) is 106 cm³/mol. The maximum Gasteiger partial charge on any atom is 0.250 e. The quantitative estimate of drug-likeness (QED) is 0.685. The first-order chi connectivity index (χ1) is 11.3. The van der Waals surface area contributed by atoms with Crippen LogP contribution >= 0.6 is 12.4 Å². The number of nitrogens with two attached hydrogens (primary N) is 1. The number of hydrogen-bond donors (Lipinski definition) is 3. The van der Waals surface area contributed by atoms with Crippen molar-refractivity contribution in [2.24, 2.45) is 23.0 Å². The van der Waals surface area contributed by atoms with E-state index in [0.717, 1.165) is 38.0 Å². The van der Waals surface area contributed by atoms with E-state index in [-0.39, 0.29) is 24.4 Å². The molecule has 25 heavy (non-hydrogen) atoms. The van der Waals surface area contributed by atoms with Crippen LogP contribution in [-0.4, -0.2) is 29.2 Å². The van der Waals surface area contributed by atoms with Crippen LogP contribution in [0.15, 0.2) is 0 Å². The molecular weight excluding hydrogens is 336 g/mol. The Bertz CT molecular complexity index is 397. The van der Waals surface area contributed by atoms with Gasteiger partial charge in [0, 0.05) is 12.1 Å². The second kappa shape index (κ2) is 10.1. The van der Waals surface area contributed by atoms with Gasteiger partial charge in [0.05, 0.1) is 0 Å². The molecule has 0 saturated heterocycles. The van der Waals surface area contributed by atoms with Crippen molar-refractivity contribution in [1.29, 1.82) is 0 Å². The van der Waals surface area contributed by atoms with Gasteiger partial charge in [-0.15, -0.1) is 12.4 Å². The Morgan fingerprint density at radius 1 is 1.08 bits per heavy atom. The average molecular weight is 375 g/mol. The number of amides is 1. The van der Waals surface area contributed by atoms with E-state index in [1.165, 1.54) is 32.1 Å². The summed E-state index contributed by atoms with van der Waals surface area (Å²) in [6.07, 6.45) is 10.3. The van der Waals surface area contributed by atoms with Crippen molar-refractivity contribution < 1.29 is 9.90 Å². The molecule has 2 aliphatic carbocycles. The lowest BCUT2D eigenvalue weighted by atomic mass is 9.71. The fourth-order valence-corrected chi connectivity index (χ4v) is 4.52. The van der Waals surface area contributed by atoms with Crippen molar-refractivity contribution in [1.82, 2.24) is 5.32 Å². The number of carbonyl (C=O) groups excluding carboxylic acids is 1. The molecule has 0 radical (unpaired) electrons. The zero-order valence-corrected chi connectivity index (χ0v) is 17.1. The monoisotopic (exact) mass is 374 g/mol. The predicted octanol–water partition coefficient (Wildman–Crippen LogP) is 3.79. The summed E-state index contributed by atoms with van der Waals surface area (Å²) in [7, 11) is 0. The number of aliphatic hydroxyl groups is 1. The Labute approximate surface area is 160 Å². The number of aliphatic hydroxyl groups excluding tert-OH is 1. The van der Waals surface area contributed by atoms with Crippen molar-refractivity contribution >= 4 is 18.3 Å². The van der Waals surface area contributed by atoms with Crippen molar-refractivity contribution in [2.75, 3.05) is 0 Å². The van der Waals surface area contributed by atoms with E-state index in [4.69, 9.17) is 5.73 Å². The summed E-state index contributed by atoms with van der Waals surface area (Å²) in [4.78, 5) is 12.3. The molecular formula is C20H39ClN2O2. The highest BCUT2D eigenvalue weighted by Crippen LogP contribution is 2.37. The van der Waals surface area contributed by atoms with Crippen molar-refractivity contribution in [3.05, 3.63) is 0 Å². The summed E-state index contributed by atoms with van der Waals surface area (Å²) >= 11 is 0. The van der Waals surface area contributed by atoms with E-state index in [1.807, 2.05) is 0 Å². The van der Waals surface area contributed by atoms with Gasteiger partial charge in [0.25, 0.3) is 5.91 Å². The van der Waals surface area contributed by atoms with Crippen LogP contribution in [-0.2, 0) is 4.79 Å². The average Bonchev–Trinajstić information content (AvgIpc) is 2.54. The number of hydrogen-bond acceptors (Lipinski definition) is 3. The third kappa shape index (κ3) is 7.07. The molecule has 1 amide bonds. The van der Waals surface area contributed by atoms with Gasteiger partial charge >= 0.3 is 0 Å². The molecule has 5 heteroatoms. The van der Waals surface area contributed by atoms with Gasteiger partial charge in [-0.25, -0.2) is 0 Å². The summed E-state index contributed by atoms with van der Waals surface area (Å²) in [5.41, 5.74) is 6.47. The first kappa shape index (κ1) is 22.7. The highest BCUT2D eigenvalue weighted by atomic mass is 35.5. The highest BCUT2D eigenvalue weighted by molar-refractivity contribution is 5.85. The maximum atomic E-state index is 12.3.